The van der Waals surface area contributed by atoms with Crippen molar-refractivity contribution in [3.8, 4) is 11.1 Å². The van der Waals surface area contributed by atoms with Crippen LogP contribution in [0.15, 0.2) is 48.5 Å². The maximum absolute atomic E-state index is 12.2. The first-order valence-electron chi connectivity index (χ1n) is 9.32. The van der Waals surface area contributed by atoms with Gasteiger partial charge in [0.25, 0.3) is 0 Å². The molecular formula is C21H22N2O7. The highest BCUT2D eigenvalue weighted by molar-refractivity contribution is 5.89. The Morgan fingerprint density at radius 2 is 1.40 bits per heavy atom. The molecule has 0 radical (unpaired) electrons. The molecule has 9 nitrogen and oxygen atoms in total. The lowest BCUT2D eigenvalue weighted by molar-refractivity contribution is -0.143. The lowest BCUT2D eigenvalue weighted by Gasteiger charge is -2.19. The third kappa shape index (κ3) is 4.42. The summed E-state index contributed by atoms with van der Waals surface area (Å²) < 4.78 is 5.29. The monoisotopic (exact) mass is 414 g/mol. The summed E-state index contributed by atoms with van der Waals surface area (Å²) in [4.78, 5) is 35.2. The molecule has 0 saturated heterocycles. The van der Waals surface area contributed by atoms with Crippen molar-refractivity contribution in [2.45, 2.75) is 18.0 Å². The van der Waals surface area contributed by atoms with Gasteiger partial charge in [-0.3, -0.25) is 4.79 Å². The van der Waals surface area contributed by atoms with Gasteiger partial charge < -0.3 is 30.7 Å². The van der Waals surface area contributed by atoms with Crippen LogP contribution in [0.25, 0.3) is 11.1 Å². The average Bonchev–Trinajstić information content (AvgIpc) is 3.07. The second-order valence-corrected chi connectivity index (χ2v) is 6.79. The van der Waals surface area contributed by atoms with E-state index in [-0.39, 0.29) is 12.5 Å². The number of fused-ring (bicyclic) bond motifs is 3. The Labute approximate surface area is 172 Å². The van der Waals surface area contributed by atoms with E-state index in [2.05, 4.69) is 5.32 Å². The first kappa shape index (κ1) is 21.3. The number of carboxylic acid groups (broad SMARTS) is 1. The third-order valence-electron chi connectivity index (χ3n) is 4.93. The minimum atomic E-state index is -1.55. The summed E-state index contributed by atoms with van der Waals surface area (Å²) in [7, 11) is 0. The number of aliphatic hydroxyl groups excluding tert-OH is 2. The number of benzene rings is 2. The second-order valence-electron chi connectivity index (χ2n) is 6.79. The molecular weight excluding hydrogens is 392 g/mol. The van der Waals surface area contributed by atoms with E-state index in [0.717, 1.165) is 22.3 Å². The Balaban J connectivity index is 1.63. The van der Waals surface area contributed by atoms with Crippen LogP contribution in [-0.4, -0.2) is 65.2 Å². The zero-order valence-electron chi connectivity index (χ0n) is 15.9. The predicted molar refractivity (Wildman–Crippen MR) is 106 cm³/mol. The van der Waals surface area contributed by atoms with E-state index in [1.165, 1.54) is 0 Å². The normalized spacial score (nSPS) is 14.2. The van der Waals surface area contributed by atoms with Gasteiger partial charge in [0, 0.05) is 5.92 Å². The largest absolute Gasteiger partial charge is 0.480 e. The Kier molecular flexibility index (Phi) is 6.65. The lowest BCUT2D eigenvalue weighted by Crippen LogP contribution is -2.54. The van der Waals surface area contributed by atoms with Gasteiger partial charge in [0.15, 0.2) is 0 Å². The molecule has 2 aromatic rings. The molecule has 0 unspecified atom stereocenters. The number of rotatable bonds is 8. The Morgan fingerprint density at radius 3 is 1.90 bits per heavy atom. The first-order valence-corrected chi connectivity index (χ1v) is 9.32. The van der Waals surface area contributed by atoms with E-state index in [9.17, 15) is 19.5 Å². The minimum absolute atomic E-state index is 0.0218. The van der Waals surface area contributed by atoms with Gasteiger partial charge >= 0.3 is 12.1 Å². The molecule has 2 atom stereocenters. The summed E-state index contributed by atoms with van der Waals surface area (Å²) in [6, 6.07) is 12.6. The molecule has 0 aromatic heterocycles. The summed E-state index contributed by atoms with van der Waals surface area (Å²) >= 11 is 0. The molecule has 5 N–H and O–H groups in total. The molecule has 2 amide bonds. The van der Waals surface area contributed by atoms with E-state index >= 15 is 0 Å². The number of carboxylic acids is 1. The topological polar surface area (TPSA) is 145 Å². The van der Waals surface area contributed by atoms with E-state index < -0.39 is 43.3 Å². The molecule has 2 aromatic carbocycles. The smallest absolute Gasteiger partial charge is 0.407 e. The summed E-state index contributed by atoms with van der Waals surface area (Å²) in [6.07, 6.45) is -0.929. The van der Waals surface area contributed by atoms with Gasteiger partial charge in [0.2, 0.25) is 5.91 Å². The predicted octanol–water partition coefficient (Wildman–Crippen LogP) is 0.448. The quantitative estimate of drug-likeness (QED) is 0.422. The average molecular weight is 414 g/mol. The van der Waals surface area contributed by atoms with E-state index in [4.69, 9.17) is 14.9 Å². The van der Waals surface area contributed by atoms with Crippen LogP contribution in [-0.2, 0) is 14.3 Å². The van der Waals surface area contributed by atoms with Crippen molar-refractivity contribution in [1.82, 2.24) is 10.6 Å². The zero-order valence-corrected chi connectivity index (χ0v) is 15.9. The van der Waals surface area contributed by atoms with Crippen molar-refractivity contribution in [2.24, 2.45) is 0 Å². The summed E-state index contributed by atoms with van der Waals surface area (Å²) in [5.41, 5.74) is 4.18. The third-order valence-corrected chi connectivity index (χ3v) is 4.93. The van der Waals surface area contributed by atoms with Crippen LogP contribution in [0.5, 0.6) is 0 Å². The van der Waals surface area contributed by atoms with Crippen molar-refractivity contribution in [2.75, 3.05) is 19.8 Å². The second kappa shape index (κ2) is 9.38. The van der Waals surface area contributed by atoms with E-state index in [1.807, 2.05) is 53.8 Å². The molecule has 0 bridgehead atoms. The number of nitrogens with one attached hydrogen (secondary N) is 2. The standard InChI is InChI=1S/C21H22N2O7/c24-9-17(19(26)22-18(10-25)20(27)28)23-21(29)30-11-16-14-7-3-1-5-12(14)13-6-2-4-8-15(13)16/h1-8,16-18,24-25H,9-11H2,(H,22,26)(H,23,29)(H,27,28)/t17-,18-/m1/s1. The fourth-order valence-electron chi connectivity index (χ4n) is 3.43. The van der Waals surface area contributed by atoms with Crippen LogP contribution < -0.4 is 10.6 Å². The van der Waals surface area contributed by atoms with Gasteiger partial charge in [-0.2, -0.15) is 0 Å². The fourth-order valence-corrected chi connectivity index (χ4v) is 3.43. The molecule has 0 saturated carbocycles. The number of alkyl carbamates (subject to hydrolysis) is 1. The molecule has 3 rings (SSSR count). The van der Waals surface area contributed by atoms with Gasteiger partial charge in [-0.15, -0.1) is 0 Å². The van der Waals surface area contributed by atoms with Crippen LogP contribution in [0.4, 0.5) is 4.79 Å². The van der Waals surface area contributed by atoms with E-state index in [0.29, 0.717) is 0 Å². The van der Waals surface area contributed by atoms with Gasteiger partial charge in [-0.25, -0.2) is 9.59 Å². The molecule has 1 aliphatic carbocycles. The summed E-state index contributed by atoms with van der Waals surface area (Å²) in [5.74, 6) is -2.56. The molecule has 0 spiro atoms. The molecule has 30 heavy (non-hydrogen) atoms. The molecule has 9 heteroatoms. The van der Waals surface area contributed by atoms with Crippen LogP contribution in [0.1, 0.15) is 17.0 Å². The van der Waals surface area contributed by atoms with Crippen molar-refractivity contribution in [3.63, 3.8) is 0 Å². The number of carbonyl (C=O) groups is 3. The Morgan fingerprint density at radius 1 is 0.867 bits per heavy atom. The van der Waals surface area contributed by atoms with Crippen molar-refractivity contribution >= 4 is 18.0 Å². The van der Waals surface area contributed by atoms with E-state index in [1.54, 1.807) is 0 Å². The molecule has 158 valence electrons. The number of hydrogen-bond acceptors (Lipinski definition) is 6. The van der Waals surface area contributed by atoms with Crippen molar-refractivity contribution < 1.29 is 34.4 Å². The highest BCUT2D eigenvalue weighted by atomic mass is 16.5. The van der Waals surface area contributed by atoms with Crippen molar-refractivity contribution in [1.29, 1.82) is 0 Å². The van der Waals surface area contributed by atoms with Gasteiger partial charge in [-0.05, 0) is 22.3 Å². The van der Waals surface area contributed by atoms with Crippen LogP contribution in [0.3, 0.4) is 0 Å². The van der Waals surface area contributed by atoms with Gasteiger partial charge in [0.05, 0.1) is 13.2 Å². The van der Waals surface area contributed by atoms with Gasteiger partial charge in [0.1, 0.15) is 18.7 Å². The van der Waals surface area contributed by atoms with Crippen LogP contribution in [0.2, 0.25) is 0 Å². The molecule has 0 aliphatic heterocycles. The number of hydrogen-bond donors (Lipinski definition) is 5. The Bertz CT molecular complexity index is 901. The molecule has 1 aliphatic rings. The van der Waals surface area contributed by atoms with Gasteiger partial charge in [-0.1, -0.05) is 48.5 Å². The molecule has 0 heterocycles. The van der Waals surface area contributed by atoms with Crippen LogP contribution >= 0.6 is 0 Å². The number of amides is 2. The first-order chi connectivity index (χ1) is 14.5. The molecule has 0 fully saturated rings. The number of carbonyl (C=O) groups excluding carboxylic acids is 2. The number of aliphatic hydroxyl groups is 2. The number of aliphatic carboxylic acids is 1. The van der Waals surface area contributed by atoms with Crippen LogP contribution in [0, 0.1) is 0 Å². The van der Waals surface area contributed by atoms with Crippen molar-refractivity contribution in [3.05, 3.63) is 59.7 Å². The zero-order chi connectivity index (χ0) is 21.7. The lowest BCUT2D eigenvalue weighted by atomic mass is 9.98. The Hall–Kier alpha value is -3.43. The maximum atomic E-state index is 12.2. The minimum Gasteiger partial charge on any atom is -0.480 e. The highest BCUT2D eigenvalue weighted by Gasteiger charge is 2.30. The highest BCUT2D eigenvalue weighted by Crippen LogP contribution is 2.44. The number of ether oxygens (including phenoxy) is 1. The maximum Gasteiger partial charge on any atom is 0.407 e. The fraction of sp³-hybridized carbons (Fsp3) is 0.286. The summed E-state index contributed by atoms with van der Waals surface area (Å²) in [5, 5.41) is 31.5. The SMILES string of the molecule is O=C(N[C@H](CO)C(=O)N[C@H](CO)C(=O)O)OCC1c2ccccc2-c2ccccc21. The summed E-state index contributed by atoms with van der Waals surface area (Å²) in [6.45, 7) is -1.58.